The largest absolute Gasteiger partial charge is 0.443 e. The number of nitrogens with zero attached hydrogens (tertiary/aromatic N) is 2. The molecule has 1 unspecified atom stereocenters. The third kappa shape index (κ3) is 1.90. The number of thiazole rings is 1. The molecule has 0 aliphatic carbocycles. The van der Waals surface area contributed by atoms with Crippen molar-refractivity contribution < 1.29 is 9.52 Å². The summed E-state index contributed by atoms with van der Waals surface area (Å²) in [7, 11) is 0. The van der Waals surface area contributed by atoms with E-state index in [2.05, 4.69) is 9.97 Å². The molecule has 2 aromatic heterocycles. The van der Waals surface area contributed by atoms with Crippen LogP contribution in [0.4, 0.5) is 0 Å². The second-order valence-corrected chi connectivity index (χ2v) is 4.72. The van der Waals surface area contributed by atoms with Crippen LogP contribution >= 0.6 is 11.3 Å². The van der Waals surface area contributed by atoms with E-state index in [1.54, 1.807) is 0 Å². The van der Waals surface area contributed by atoms with Gasteiger partial charge in [0.1, 0.15) is 16.6 Å². The standard InChI is InChI=1S/C12H11N3O2S/c13-4-10(16)9-5-18-12(15-9)7-1-2-8-11(3-7)17-6-14-8/h1-3,5-6,10,16H,4,13H2. The van der Waals surface area contributed by atoms with Gasteiger partial charge in [0.25, 0.3) is 0 Å². The molecule has 92 valence electrons. The minimum Gasteiger partial charge on any atom is -0.443 e. The van der Waals surface area contributed by atoms with E-state index in [1.807, 2.05) is 23.6 Å². The van der Waals surface area contributed by atoms with E-state index < -0.39 is 6.10 Å². The molecule has 18 heavy (non-hydrogen) atoms. The van der Waals surface area contributed by atoms with Gasteiger partial charge in [-0.1, -0.05) is 0 Å². The zero-order valence-electron chi connectivity index (χ0n) is 9.41. The topological polar surface area (TPSA) is 85.2 Å². The summed E-state index contributed by atoms with van der Waals surface area (Å²) < 4.78 is 5.25. The molecule has 0 aliphatic heterocycles. The second kappa shape index (κ2) is 4.49. The van der Waals surface area contributed by atoms with Gasteiger partial charge in [0.05, 0.1) is 5.69 Å². The summed E-state index contributed by atoms with van der Waals surface area (Å²) >= 11 is 1.47. The van der Waals surface area contributed by atoms with Crippen LogP contribution in [0.1, 0.15) is 11.8 Å². The number of fused-ring (bicyclic) bond motifs is 1. The molecule has 3 N–H and O–H groups in total. The number of nitrogens with two attached hydrogens (primary N) is 1. The Hall–Kier alpha value is -1.76. The van der Waals surface area contributed by atoms with Crippen molar-refractivity contribution in [3.05, 3.63) is 35.7 Å². The maximum Gasteiger partial charge on any atom is 0.181 e. The molecule has 0 bridgehead atoms. The quantitative estimate of drug-likeness (QED) is 0.752. The lowest BCUT2D eigenvalue weighted by molar-refractivity contribution is 0.182. The van der Waals surface area contributed by atoms with Crippen LogP contribution in [0.25, 0.3) is 21.7 Å². The van der Waals surface area contributed by atoms with Crippen LogP contribution < -0.4 is 5.73 Å². The lowest BCUT2D eigenvalue weighted by Crippen LogP contribution is -2.11. The Morgan fingerprint density at radius 1 is 1.44 bits per heavy atom. The van der Waals surface area contributed by atoms with Gasteiger partial charge >= 0.3 is 0 Å². The fourth-order valence-electron chi connectivity index (χ4n) is 1.68. The molecule has 0 spiro atoms. The first-order valence-corrected chi connectivity index (χ1v) is 6.33. The monoisotopic (exact) mass is 261 g/mol. The van der Waals surface area contributed by atoms with Gasteiger partial charge in [-0.3, -0.25) is 0 Å². The van der Waals surface area contributed by atoms with Crippen LogP contribution in [-0.2, 0) is 0 Å². The molecule has 6 heteroatoms. The number of rotatable bonds is 3. The number of hydrogen-bond acceptors (Lipinski definition) is 6. The van der Waals surface area contributed by atoms with E-state index in [0.29, 0.717) is 5.69 Å². The smallest absolute Gasteiger partial charge is 0.181 e. The number of aromatic nitrogens is 2. The van der Waals surface area contributed by atoms with Crippen molar-refractivity contribution in [2.45, 2.75) is 6.10 Å². The van der Waals surface area contributed by atoms with Crippen molar-refractivity contribution in [2.24, 2.45) is 5.73 Å². The average Bonchev–Trinajstić information content (AvgIpc) is 3.05. The molecular formula is C12H11N3O2S. The average molecular weight is 261 g/mol. The van der Waals surface area contributed by atoms with Crippen LogP contribution in [0.5, 0.6) is 0 Å². The molecule has 3 rings (SSSR count). The Bertz CT molecular complexity index is 677. The normalized spacial score (nSPS) is 13.0. The fourth-order valence-corrected chi connectivity index (χ4v) is 2.54. The van der Waals surface area contributed by atoms with Gasteiger partial charge in [-0.2, -0.15) is 0 Å². The summed E-state index contributed by atoms with van der Waals surface area (Å²) in [4.78, 5) is 8.43. The molecule has 0 saturated carbocycles. The van der Waals surface area contributed by atoms with Crippen LogP contribution in [-0.4, -0.2) is 21.6 Å². The molecule has 3 aromatic rings. The van der Waals surface area contributed by atoms with Crippen molar-refractivity contribution in [2.75, 3.05) is 6.54 Å². The number of hydrogen-bond donors (Lipinski definition) is 2. The highest BCUT2D eigenvalue weighted by Gasteiger charge is 2.12. The third-order valence-corrected chi connectivity index (χ3v) is 3.57. The van der Waals surface area contributed by atoms with Gasteiger partial charge in [0.15, 0.2) is 12.0 Å². The van der Waals surface area contributed by atoms with Crippen molar-refractivity contribution in [1.82, 2.24) is 9.97 Å². The van der Waals surface area contributed by atoms with Gasteiger partial charge in [-0.05, 0) is 18.2 Å². The van der Waals surface area contributed by atoms with E-state index >= 15 is 0 Å². The third-order valence-electron chi connectivity index (χ3n) is 2.66. The second-order valence-electron chi connectivity index (χ2n) is 3.86. The number of oxazole rings is 1. The van der Waals surface area contributed by atoms with Gasteiger partial charge < -0.3 is 15.3 Å². The van der Waals surface area contributed by atoms with Crippen LogP contribution in [0, 0.1) is 0 Å². The van der Waals surface area contributed by atoms with Gasteiger partial charge in [0.2, 0.25) is 0 Å². The summed E-state index contributed by atoms with van der Waals surface area (Å²) in [5, 5.41) is 12.3. The predicted molar refractivity (Wildman–Crippen MR) is 69.1 cm³/mol. The first-order valence-electron chi connectivity index (χ1n) is 5.45. The highest BCUT2D eigenvalue weighted by molar-refractivity contribution is 7.13. The SMILES string of the molecule is NCC(O)c1csc(-c2ccc3ncoc3c2)n1. The highest BCUT2D eigenvalue weighted by atomic mass is 32.1. The first kappa shape index (κ1) is 11.3. The van der Waals surface area contributed by atoms with Crippen LogP contribution in [0.15, 0.2) is 34.4 Å². The maximum absolute atomic E-state index is 9.62. The first-order chi connectivity index (χ1) is 8.78. The molecule has 0 radical (unpaired) electrons. The molecular weight excluding hydrogens is 250 g/mol. The van der Waals surface area contributed by atoms with Crippen molar-refractivity contribution in [1.29, 1.82) is 0 Å². The minimum atomic E-state index is -0.705. The number of aliphatic hydroxyl groups excluding tert-OH is 1. The zero-order chi connectivity index (χ0) is 12.5. The fraction of sp³-hybridized carbons (Fsp3) is 0.167. The van der Waals surface area contributed by atoms with Gasteiger partial charge in [0, 0.05) is 17.5 Å². The Morgan fingerprint density at radius 3 is 3.17 bits per heavy atom. The van der Waals surface area contributed by atoms with E-state index in [0.717, 1.165) is 21.7 Å². The molecule has 2 heterocycles. The Labute approximate surface area is 107 Å². The maximum atomic E-state index is 9.62. The highest BCUT2D eigenvalue weighted by Crippen LogP contribution is 2.28. The number of aliphatic hydroxyl groups is 1. The van der Waals surface area contributed by atoms with Crippen molar-refractivity contribution in [3.8, 4) is 10.6 Å². The molecule has 1 atom stereocenters. The van der Waals surface area contributed by atoms with Gasteiger partial charge in [-0.15, -0.1) is 11.3 Å². The summed E-state index contributed by atoms with van der Waals surface area (Å²) in [6.45, 7) is 0.171. The molecule has 0 amide bonds. The molecule has 0 fully saturated rings. The molecule has 0 saturated heterocycles. The Balaban J connectivity index is 2.00. The van der Waals surface area contributed by atoms with Crippen LogP contribution in [0.3, 0.4) is 0 Å². The summed E-state index contributed by atoms with van der Waals surface area (Å²) in [6.07, 6.45) is 0.712. The van der Waals surface area contributed by atoms with Crippen LogP contribution in [0.2, 0.25) is 0 Å². The van der Waals surface area contributed by atoms with E-state index in [-0.39, 0.29) is 6.54 Å². The molecule has 5 nitrogen and oxygen atoms in total. The van der Waals surface area contributed by atoms with E-state index in [1.165, 1.54) is 17.7 Å². The summed E-state index contributed by atoms with van der Waals surface area (Å²) in [5.41, 5.74) is 8.50. The zero-order valence-corrected chi connectivity index (χ0v) is 10.2. The Kier molecular flexibility index (Phi) is 2.83. The lowest BCUT2D eigenvalue weighted by atomic mass is 10.2. The van der Waals surface area contributed by atoms with Crippen molar-refractivity contribution >= 4 is 22.4 Å². The Morgan fingerprint density at radius 2 is 2.33 bits per heavy atom. The van der Waals surface area contributed by atoms with Crippen molar-refractivity contribution in [3.63, 3.8) is 0 Å². The molecule has 0 aliphatic rings. The number of benzene rings is 1. The van der Waals surface area contributed by atoms with Gasteiger partial charge in [-0.25, -0.2) is 9.97 Å². The lowest BCUT2D eigenvalue weighted by Gasteiger charge is -2.01. The summed E-state index contributed by atoms with van der Waals surface area (Å²) in [6, 6.07) is 5.71. The minimum absolute atomic E-state index is 0.171. The summed E-state index contributed by atoms with van der Waals surface area (Å²) in [5.74, 6) is 0. The molecule has 1 aromatic carbocycles. The van der Waals surface area contributed by atoms with E-state index in [4.69, 9.17) is 10.2 Å². The van der Waals surface area contributed by atoms with E-state index in [9.17, 15) is 5.11 Å². The predicted octanol–water partition coefficient (Wildman–Crippen LogP) is 1.94.